The number of amides is 2. The Morgan fingerprint density at radius 2 is 1.70 bits per heavy atom. The molecule has 2 amide bonds. The standard InChI is InChI=1S/C18H27N3O2/c1-3-5-6-17(22)19-16-9-7-15(8-10-16)18(23)21-13-11-20(4-2)12-14-21/h7-10H,3-6,11-14H2,1-2H3,(H,19,22). The van der Waals surface area contributed by atoms with E-state index >= 15 is 0 Å². The second kappa shape index (κ2) is 8.67. The lowest BCUT2D eigenvalue weighted by Crippen LogP contribution is -2.48. The van der Waals surface area contributed by atoms with Gasteiger partial charge in [0.25, 0.3) is 5.91 Å². The number of nitrogens with zero attached hydrogens (tertiary/aromatic N) is 2. The molecule has 0 unspecified atom stereocenters. The first kappa shape index (κ1) is 17.5. The maximum absolute atomic E-state index is 12.5. The van der Waals surface area contributed by atoms with Crippen molar-refractivity contribution in [3.8, 4) is 0 Å². The van der Waals surface area contributed by atoms with Crippen molar-refractivity contribution in [2.45, 2.75) is 33.1 Å². The van der Waals surface area contributed by atoms with Gasteiger partial charge in [-0.1, -0.05) is 20.3 Å². The average Bonchev–Trinajstić information content (AvgIpc) is 2.60. The van der Waals surface area contributed by atoms with E-state index in [0.29, 0.717) is 12.0 Å². The van der Waals surface area contributed by atoms with E-state index in [0.717, 1.165) is 51.3 Å². The van der Waals surface area contributed by atoms with Gasteiger partial charge < -0.3 is 15.1 Å². The van der Waals surface area contributed by atoms with E-state index in [2.05, 4.69) is 24.1 Å². The van der Waals surface area contributed by atoms with Crippen LogP contribution in [-0.2, 0) is 4.79 Å². The molecule has 0 spiro atoms. The highest BCUT2D eigenvalue weighted by Crippen LogP contribution is 2.14. The van der Waals surface area contributed by atoms with Gasteiger partial charge in [-0.2, -0.15) is 0 Å². The number of rotatable bonds is 6. The summed E-state index contributed by atoms with van der Waals surface area (Å²) in [5.74, 6) is 0.103. The lowest BCUT2D eigenvalue weighted by molar-refractivity contribution is -0.116. The second-order valence-electron chi connectivity index (χ2n) is 5.96. The average molecular weight is 317 g/mol. The maximum Gasteiger partial charge on any atom is 0.253 e. The molecular formula is C18H27N3O2. The Balaban J connectivity index is 1.89. The summed E-state index contributed by atoms with van der Waals surface area (Å²) in [6.45, 7) is 8.68. The van der Waals surface area contributed by atoms with Gasteiger partial charge in [-0.05, 0) is 37.2 Å². The molecule has 0 bridgehead atoms. The van der Waals surface area contributed by atoms with Crippen molar-refractivity contribution in [3.05, 3.63) is 29.8 Å². The van der Waals surface area contributed by atoms with Gasteiger partial charge in [-0.3, -0.25) is 9.59 Å². The van der Waals surface area contributed by atoms with Crippen molar-refractivity contribution in [1.82, 2.24) is 9.80 Å². The van der Waals surface area contributed by atoms with Crippen molar-refractivity contribution in [3.63, 3.8) is 0 Å². The molecule has 1 saturated heterocycles. The Hall–Kier alpha value is -1.88. The molecule has 1 aromatic carbocycles. The zero-order chi connectivity index (χ0) is 16.7. The fourth-order valence-electron chi connectivity index (χ4n) is 2.71. The molecule has 1 heterocycles. The Bertz CT molecular complexity index is 520. The van der Waals surface area contributed by atoms with E-state index in [4.69, 9.17) is 0 Å². The molecule has 0 saturated carbocycles. The first-order valence-corrected chi connectivity index (χ1v) is 8.55. The molecular weight excluding hydrogens is 290 g/mol. The van der Waals surface area contributed by atoms with Crippen LogP contribution in [0.1, 0.15) is 43.5 Å². The monoisotopic (exact) mass is 317 g/mol. The Kier molecular flexibility index (Phi) is 6.59. The highest BCUT2D eigenvalue weighted by atomic mass is 16.2. The number of carbonyl (C=O) groups is 2. The van der Waals surface area contributed by atoms with Crippen LogP contribution in [0.4, 0.5) is 5.69 Å². The van der Waals surface area contributed by atoms with Gasteiger partial charge in [0.1, 0.15) is 0 Å². The molecule has 126 valence electrons. The largest absolute Gasteiger partial charge is 0.336 e. The van der Waals surface area contributed by atoms with E-state index in [9.17, 15) is 9.59 Å². The van der Waals surface area contributed by atoms with Crippen LogP contribution in [0.2, 0.25) is 0 Å². The Morgan fingerprint density at radius 3 is 2.26 bits per heavy atom. The van der Waals surface area contributed by atoms with E-state index in [1.807, 2.05) is 4.90 Å². The molecule has 0 atom stereocenters. The third kappa shape index (κ3) is 5.06. The molecule has 23 heavy (non-hydrogen) atoms. The third-order valence-corrected chi connectivity index (χ3v) is 4.28. The van der Waals surface area contributed by atoms with Gasteiger partial charge in [-0.15, -0.1) is 0 Å². The van der Waals surface area contributed by atoms with Crippen molar-refractivity contribution in [2.75, 3.05) is 38.0 Å². The molecule has 1 N–H and O–H groups in total. The summed E-state index contributed by atoms with van der Waals surface area (Å²) in [4.78, 5) is 28.4. The van der Waals surface area contributed by atoms with E-state index in [1.165, 1.54) is 0 Å². The summed E-state index contributed by atoms with van der Waals surface area (Å²) in [5.41, 5.74) is 1.43. The molecule has 5 nitrogen and oxygen atoms in total. The highest BCUT2D eigenvalue weighted by Gasteiger charge is 2.21. The minimum absolute atomic E-state index is 0.0293. The molecule has 1 fully saturated rings. The van der Waals surface area contributed by atoms with E-state index in [1.54, 1.807) is 24.3 Å². The lowest BCUT2D eigenvalue weighted by atomic mass is 10.1. The minimum atomic E-state index is 0.0293. The van der Waals surface area contributed by atoms with Crippen LogP contribution in [0, 0.1) is 0 Å². The van der Waals surface area contributed by atoms with Gasteiger partial charge in [0.15, 0.2) is 0 Å². The van der Waals surface area contributed by atoms with Crippen LogP contribution in [0.5, 0.6) is 0 Å². The third-order valence-electron chi connectivity index (χ3n) is 4.28. The van der Waals surface area contributed by atoms with Gasteiger partial charge in [0.2, 0.25) is 5.91 Å². The number of anilines is 1. The first-order chi connectivity index (χ1) is 11.1. The van der Waals surface area contributed by atoms with Crippen LogP contribution in [0.15, 0.2) is 24.3 Å². The minimum Gasteiger partial charge on any atom is -0.336 e. The fourth-order valence-corrected chi connectivity index (χ4v) is 2.71. The van der Waals surface area contributed by atoms with Gasteiger partial charge in [0.05, 0.1) is 0 Å². The molecule has 1 aliphatic heterocycles. The SMILES string of the molecule is CCCCC(=O)Nc1ccc(C(=O)N2CCN(CC)CC2)cc1. The van der Waals surface area contributed by atoms with Gasteiger partial charge in [0, 0.05) is 43.9 Å². The maximum atomic E-state index is 12.5. The number of likely N-dealkylation sites (N-methyl/N-ethyl adjacent to an activating group) is 1. The van der Waals surface area contributed by atoms with Crippen LogP contribution in [-0.4, -0.2) is 54.3 Å². The number of unbranched alkanes of at least 4 members (excludes halogenated alkanes) is 1. The summed E-state index contributed by atoms with van der Waals surface area (Å²) in [7, 11) is 0. The van der Waals surface area contributed by atoms with Crippen molar-refractivity contribution in [1.29, 1.82) is 0 Å². The Labute approximate surface area is 138 Å². The predicted molar refractivity (Wildman–Crippen MR) is 92.6 cm³/mol. The van der Waals surface area contributed by atoms with Crippen LogP contribution >= 0.6 is 0 Å². The van der Waals surface area contributed by atoms with Gasteiger partial charge >= 0.3 is 0 Å². The fraction of sp³-hybridized carbons (Fsp3) is 0.556. The number of hydrogen-bond acceptors (Lipinski definition) is 3. The van der Waals surface area contributed by atoms with Crippen molar-refractivity contribution >= 4 is 17.5 Å². The summed E-state index contributed by atoms with van der Waals surface area (Å²) in [6, 6.07) is 7.20. The number of piperazine rings is 1. The summed E-state index contributed by atoms with van der Waals surface area (Å²) < 4.78 is 0. The number of nitrogens with one attached hydrogen (secondary N) is 1. The number of benzene rings is 1. The molecule has 5 heteroatoms. The number of carbonyl (C=O) groups excluding carboxylic acids is 2. The molecule has 0 aromatic heterocycles. The van der Waals surface area contributed by atoms with E-state index in [-0.39, 0.29) is 11.8 Å². The quantitative estimate of drug-likeness (QED) is 0.877. The van der Waals surface area contributed by atoms with Crippen molar-refractivity contribution in [2.24, 2.45) is 0 Å². The summed E-state index contributed by atoms with van der Waals surface area (Å²) in [5, 5.41) is 2.87. The predicted octanol–water partition coefficient (Wildman–Crippen LogP) is 2.59. The first-order valence-electron chi connectivity index (χ1n) is 8.55. The van der Waals surface area contributed by atoms with Crippen LogP contribution < -0.4 is 5.32 Å². The van der Waals surface area contributed by atoms with Gasteiger partial charge in [-0.25, -0.2) is 0 Å². The smallest absolute Gasteiger partial charge is 0.253 e. The molecule has 0 radical (unpaired) electrons. The highest BCUT2D eigenvalue weighted by molar-refractivity contribution is 5.95. The molecule has 0 aliphatic carbocycles. The topological polar surface area (TPSA) is 52.7 Å². The summed E-state index contributed by atoms with van der Waals surface area (Å²) in [6.07, 6.45) is 2.44. The second-order valence-corrected chi connectivity index (χ2v) is 5.96. The normalized spacial score (nSPS) is 15.5. The molecule has 1 aromatic rings. The molecule has 1 aliphatic rings. The zero-order valence-corrected chi connectivity index (χ0v) is 14.2. The number of hydrogen-bond donors (Lipinski definition) is 1. The van der Waals surface area contributed by atoms with E-state index < -0.39 is 0 Å². The Morgan fingerprint density at radius 1 is 1.04 bits per heavy atom. The lowest BCUT2D eigenvalue weighted by Gasteiger charge is -2.34. The van der Waals surface area contributed by atoms with Crippen molar-refractivity contribution < 1.29 is 9.59 Å². The molecule has 2 rings (SSSR count). The summed E-state index contributed by atoms with van der Waals surface area (Å²) >= 11 is 0. The van der Waals surface area contributed by atoms with Crippen LogP contribution in [0.25, 0.3) is 0 Å². The zero-order valence-electron chi connectivity index (χ0n) is 14.2. The van der Waals surface area contributed by atoms with Crippen LogP contribution in [0.3, 0.4) is 0 Å².